The molecule has 1 amide bonds. The van der Waals surface area contributed by atoms with Crippen molar-refractivity contribution in [2.75, 3.05) is 0 Å². The van der Waals surface area contributed by atoms with E-state index in [1.807, 2.05) is 35.8 Å². The predicted octanol–water partition coefficient (Wildman–Crippen LogP) is 2.32. The Morgan fingerprint density at radius 1 is 1.32 bits per heavy atom. The Kier molecular flexibility index (Phi) is 3.88. The molecule has 0 aliphatic heterocycles. The third kappa shape index (κ3) is 2.71. The van der Waals surface area contributed by atoms with Gasteiger partial charge in [0, 0.05) is 17.3 Å². The van der Waals surface area contributed by atoms with Crippen molar-refractivity contribution in [3.63, 3.8) is 0 Å². The number of carboxylic acids is 1. The molecular weight excluding hydrogens is 280 g/mol. The second-order valence-corrected chi connectivity index (χ2v) is 5.98. The van der Waals surface area contributed by atoms with Gasteiger partial charge in [-0.2, -0.15) is 0 Å². The molecule has 1 fully saturated rings. The first-order valence-corrected chi connectivity index (χ1v) is 7.63. The van der Waals surface area contributed by atoms with Gasteiger partial charge in [-0.3, -0.25) is 9.59 Å². The molecule has 2 atom stereocenters. The maximum absolute atomic E-state index is 12.3. The minimum Gasteiger partial charge on any atom is -0.481 e. The van der Waals surface area contributed by atoms with Crippen molar-refractivity contribution >= 4 is 22.8 Å². The van der Waals surface area contributed by atoms with Crippen LogP contribution in [0.4, 0.5) is 0 Å². The molecule has 1 aliphatic carbocycles. The van der Waals surface area contributed by atoms with Gasteiger partial charge in [0.05, 0.1) is 5.92 Å². The zero-order valence-electron chi connectivity index (χ0n) is 12.6. The number of hydrogen-bond donors (Lipinski definition) is 2. The number of carboxylic acid groups (broad SMARTS) is 1. The molecule has 1 aromatic carbocycles. The number of nitrogens with zero attached hydrogens (tertiary/aromatic N) is 1. The Balaban J connectivity index is 1.74. The number of aromatic nitrogens is 1. The van der Waals surface area contributed by atoms with E-state index in [1.54, 1.807) is 0 Å². The molecule has 2 N–H and O–H groups in total. The normalized spacial score (nSPS) is 21.1. The number of aryl methyl sites for hydroxylation is 1. The van der Waals surface area contributed by atoms with Gasteiger partial charge in [-0.05, 0) is 37.3 Å². The number of benzene rings is 1. The summed E-state index contributed by atoms with van der Waals surface area (Å²) in [6.45, 7) is 2.20. The topological polar surface area (TPSA) is 71.3 Å². The van der Waals surface area contributed by atoms with E-state index in [-0.39, 0.29) is 18.5 Å². The van der Waals surface area contributed by atoms with E-state index in [0.717, 1.165) is 29.4 Å². The molecule has 5 nitrogen and oxygen atoms in total. The van der Waals surface area contributed by atoms with Crippen LogP contribution in [0.25, 0.3) is 10.9 Å². The summed E-state index contributed by atoms with van der Waals surface area (Å²) in [4.78, 5) is 23.5. The van der Waals surface area contributed by atoms with Gasteiger partial charge in [0.1, 0.15) is 6.54 Å². The number of rotatable bonds is 4. The molecule has 0 saturated heterocycles. The van der Waals surface area contributed by atoms with Gasteiger partial charge in [0.2, 0.25) is 5.91 Å². The second-order valence-electron chi connectivity index (χ2n) is 5.98. The van der Waals surface area contributed by atoms with E-state index in [4.69, 9.17) is 0 Å². The highest BCUT2D eigenvalue weighted by Crippen LogP contribution is 2.26. The first-order valence-electron chi connectivity index (χ1n) is 7.63. The molecule has 116 valence electrons. The summed E-state index contributed by atoms with van der Waals surface area (Å²) in [6, 6.07) is 9.75. The fourth-order valence-electron chi connectivity index (χ4n) is 3.38. The number of carbonyl (C=O) groups excluding carboxylic acids is 1. The number of aliphatic carboxylic acids is 1. The smallest absolute Gasteiger partial charge is 0.308 e. The van der Waals surface area contributed by atoms with Crippen molar-refractivity contribution in [2.24, 2.45) is 5.92 Å². The number of para-hydroxylation sites is 1. The zero-order valence-corrected chi connectivity index (χ0v) is 12.6. The van der Waals surface area contributed by atoms with Crippen LogP contribution in [-0.4, -0.2) is 27.6 Å². The molecule has 0 unspecified atom stereocenters. The number of carbonyl (C=O) groups is 2. The van der Waals surface area contributed by atoms with E-state index >= 15 is 0 Å². The van der Waals surface area contributed by atoms with E-state index in [2.05, 4.69) is 11.4 Å². The van der Waals surface area contributed by atoms with Gasteiger partial charge >= 0.3 is 5.97 Å². The van der Waals surface area contributed by atoms with Crippen LogP contribution in [0, 0.1) is 12.8 Å². The van der Waals surface area contributed by atoms with E-state index in [1.165, 1.54) is 0 Å². The van der Waals surface area contributed by atoms with Crippen molar-refractivity contribution < 1.29 is 14.7 Å². The van der Waals surface area contributed by atoms with Crippen LogP contribution in [0.5, 0.6) is 0 Å². The van der Waals surface area contributed by atoms with Crippen LogP contribution < -0.4 is 5.32 Å². The quantitative estimate of drug-likeness (QED) is 0.910. The molecule has 1 aliphatic rings. The van der Waals surface area contributed by atoms with Crippen molar-refractivity contribution in [3.05, 3.63) is 36.0 Å². The maximum Gasteiger partial charge on any atom is 0.308 e. The average molecular weight is 300 g/mol. The fraction of sp³-hybridized carbons (Fsp3) is 0.412. The van der Waals surface area contributed by atoms with Crippen molar-refractivity contribution in [2.45, 2.75) is 38.8 Å². The standard InChI is InChI=1S/C17H20N2O3/c1-11-9-12-5-2-3-8-15(12)19(11)10-16(20)18-14-7-4-6-13(14)17(21)22/h2-3,5,8-9,13-14H,4,6-7,10H2,1H3,(H,18,20)(H,21,22)/t13-,14+/m0/s1. The number of nitrogens with one attached hydrogen (secondary N) is 1. The Morgan fingerprint density at radius 2 is 2.09 bits per heavy atom. The van der Waals surface area contributed by atoms with Gasteiger partial charge in [-0.1, -0.05) is 24.6 Å². The highest BCUT2D eigenvalue weighted by Gasteiger charge is 2.33. The van der Waals surface area contributed by atoms with Crippen LogP contribution in [-0.2, 0) is 16.1 Å². The summed E-state index contributed by atoms with van der Waals surface area (Å²) in [5.41, 5.74) is 2.05. The predicted molar refractivity (Wildman–Crippen MR) is 83.6 cm³/mol. The summed E-state index contributed by atoms with van der Waals surface area (Å²) in [5, 5.41) is 13.2. The lowest BCUT2D eigenvalue weighted by Gasteiger charge is -2.18. The maximum atomic E-state index is 12.3. The van der Waals surface area contributed by atoms with Crippen LogP contribution in [0.2, 0.25) is 0 Å². The van der Waals surface area contributed by atoms with E-state index < -0.39 is 11.9 Å². The summed E-state index contributed by atoms with van der Waals surface area (Å²) >= 11 is 0. The lowest BCUT2D eigenvalue weighted by molar-refractivity contribution is -0.142. The van der Waals surface area contributed by atoms with Gasteiger partial charge in [-0.15, -0.1) is 0 Å². The number of fused-ring (bicyclic) bond motifs is 1. The molecule has 0 spiro atoms. The minimum atomic E-state index is -0.814. The lowest BCUT2D eigenvalue weighted by atomic mass is 10.0. The summed E-state index contributed by atoms with van der Waals surface area (Å²) in [7, 11) is 0. The first-order chi connectivity index (χ1) is 10.6. The van der Waals surface area contributed by atoms with Crippen LogP contribution in [0.15, 0.2) is 30.3 Å². The summed E-state index contributed by atoms with van der Waals surface area (Å²) in [6.07, 6.45) is 2.24. The van der Waals surface area contributed by atoms with Crippen molar-refractivity contribution in [1.82, 2.24) is 9.88 Å². The number of amides is 1. The highest BCUT2D eigenvalue weighted by atomic mass is 16.4. The largest absolute Gasteiger partial charge is 0.481 e. The molecule has 0 bridgehead atoms. The Morgan fingerprint density at radius 3 is 2.86 bits per heavy atom. The summed E-state index contributed by atoms with van der Waals surface area (Å²) in [5.74, 6) is -1.39. The van der Waals surface area contributed by atoms with Gasteiger partial charge in [0.15, 0.2) is 0 Å². The third-order valence-electron chi connectivity index (χ3n) is 4.50. The monoisotopic (exact) mass is 300 g/mol. The molecule has 1 saturated carbocycles. The van der Waals surface area contributed by atoms with Crippen molar-refractivity contribution in [3.8, 4) is 0 Å². The second kappa shape index (κ2) is 5.83. The third-order valence-corrected chi connectivity index (χ3v) is 4.50. The van der Waals surface area contributed by atoms with Crippen LogP contribution >= 0.6 is 0 Å². The Labute approximate surface area is 128 Å². The Hall–Kier alpha value is -2.30. The SMILES string of the molecule is Cc1cc2ccccc2n1CC(=O)N[C@@H]1CCC[C@@H]1C(=O)O. The molecule has 22 heavy (non-hydrogen) atoms. The molecule has 1 aromatic heterocycles. The van der Waals surface area contributed by atoms with Gasteiger partial charge in [0.25, 0.3) is 0 Å². The lowest BCUT2D eigenvalue weighted by Crippen LogP contribution is -2.41. The average Bonchev–Trinajstić information content (AvgIpc) is 3.04. The molecule has 0 radical (unpaired) electrons. The fourth-order valence-corrected chi connectivity index (χ4v) is 3.38. The molecular formula is C17H20N2O3. The zero-order chi connectivity index (χ0) is 15.7. The molecule has 1 heterocycles. The number of hydrogen-bond acceptors (Lipinski definition) is 2. The summed E-state index contributed by atoms with van der Waals surface area (Å²) < 4.78 is 1.97. The molecule has 3 rings (SSSR count). The highest BCUT2D eigenvalue weighted by molar-refractivity contribution is 5.84. The molecule has 2 aromatic rings. The van der Waals surface area contributed by atoms with Gasteiger partial charge in [-0.25, -0.2) is 0 Å². The minimum absolute atomic E-state index is 0.123. The van der Waals surface area contributed by atoms with Crippen molar-refractivity contribution in [1.29, 1.82) is 0 Å². The van der Waals surface area contributed by atoms with E-state index in [9.17, 15) is 14.7 Å². The first kappa shape index (κ1) is 14.6. The molecule has 5 heteroatoms. The van der Waals surface area contributed by atoms with Crippen LogP contribution in [0.1, 0.15) is 25.0 Å². The Bertz CT molecular complexity index is 720. The van der Waals surface area contributed by atoms with Gasteiger partial charge < -0.3 is 15.0 Å². The van der Waals surface area contributed by atoms with E-state index in [0.29, 0.717) is 6.42 Å². The van der Waals surface area contributed by atoms with Crippen LogP contribution in [0.3, 0.4) is 0 Å².